The van der Waals surface area contributed by atoms with Gasteiger partial charge in [0.1, 0.15) is 5.82 Å². The topological polar surface area (TPSA) is 53.6 Å². The summed E-state index contributed by atoms with van der Waals surface area (Å²) in [5.74, 6) is -0.219. The molecule has 1 heterocycles. The first kappa shape index (κ1) is 12.2. The molecule has 17 heavy (non-hydrogen) atoms. The van der Waals surface area contributed by atoms with Crippen molar-refractivity contribution in [3.8, 4) is 0 Å². The fraction of sp³-hybridized carbons (Fsp3) is 0.273. The Morgan fingerprint density at radius 3 is 2.94 bits per heavy atom. The molecule has 0 amide bonds. The minimum atomic E-state index is -0.219. The SMILES string of the molecule is CNC(Cc1ccc(Br)cc1F)c1cn[nH]n1. The Kier molecular flexibility index (Phi) is 3.86. The Labute approximate surface area is 107 Å². The molecule has 1 aromatic carbocycles. The van der Waals surface area contributed by atoms with E-state index in [1.54, 1.807) is 12.3 Å². The molecule has 0 bridgehead atoms. The third-order valence-electron chi connectivity index (χ3n) is 2.58. The number of hydrogen-bond acceptors (Lipinski definition) is 3. The largest absolute Gasteiger partial charge is 0.311 e. The zero-order valence-corrected chi connectivity index (χ0v) is 10.8. The monoisotopic (exact) mass is 298 g/mol. The standard InChI is InChI=1S/C11H12BrFN4/c1-14-10(11-6-15-17-16-11)4-7-2-3-8(12)5-9(7)13/h2-3,5-6,10,14H,4H2,1H3,(H,15,16,17). The molecule has 6 heteroatoms. The molecule has 0 radical (unpaired) electrons. The highest BCUT2D eigenvalue weighted by atomic mass is 79.9. The molecule has 1 atom stereocenters. The molecule has 0 aliphatic carbocycles. The van der Waals surface area contributed by atoms with Crippen LogP contribution in [0.4, 0.5) is 4.39 Å². The van der Waals surface area contributed by atoms with E-state index in [2.05, 4.69) is 36.7 Å². The molecular formula is C11H12BrFN4. The summed E-state index contributed by atoms with van der Waals surface area (Å²) in [4.78, 5) is 0. The van der Waals surface area contributed by atoms with Gasteiger partial charge in [0.05, 0.1) is 17.9 Å². The number of likely N-dealkylation sites (N-methyl/N-ethyl adjacent to an activating group) is 1. The molecule has 4 nitrogen and oxygen atoms in total. The van der Waals surface area contributed by atoms with Gasteiger partial charge in [-0.3, -0.25) is 0 Å². The maximum absolute atomic E-state index is 13.7. The highest BCUT2D eigenvalue weighted by Gasteiger charge is 2.15. The quantitative estimate of drug-likeness (QED) is 0.910. The Hall–Kier alpha value is -1.27. The van der Waals surface area contributed by atoms with Gasteiger partial charge in [-0.25, -0.2) is 4.39 Å². The van der Waals surface area contributed by atoms with E-state index in [9.17, 15) is 4.39 Å². The van der Waals surface area contributed by atoms with Crippen molar-refractivity contribution in [1.29, 1.82) is 0 Å². The van der Waals surface area contributed by atoms with Crippen molar-refractivity contribution in [2.45, 2.75) is 12.5 Å². The average Bonchev–Trinajstić information content (AvgIpc) is 2.81. The highest BCUT2D eigenvalue weighted by molar-refractivity contribution is 9.10. The molecule has 2 N–H and O–H groups in total. The molecule has 1 aromatic heterocycles. The molecule has 0 aliphatic heterocycles. The van der Waals surface area contributed by atoms with E-state index in [0.29, 0.717) is 12.0 Å². The molecular weight excluding hydrogens is 287 g/mol. The predicted molar refractivity (Wildman–Crippen MR) is 66.0 cm³/mol. The van der Waals surface area contributed by atoms with Crippen LogP contribution in [0.5, 0.6) is 0 Å². The van der Waals surface area contributed by atoms with Crippen molar-refractivity contribution in [3.63, 3.8) is 0 Å². The summed E-state index contributed by atoms with van der Waals surface area (Å²) < 4.78 is 14.4. The summed E-state index contributed by atoms with van der Waals surface area (Å²) in [7, 11) is 1.82. The van der Waals surface area contributed by atoms with Gasteiger partial charge in [-0.1, -0.05) is 22.0 Å². The lowest BCUT2D eigenvalue weighted by molar-refractivity contribution is 0.543. The summed E-state index contributed by atoms with van der Waals surface area (Å²) in [6.07, 6.45) is 2.17. The average molecular weight is 299 g/mol. The van der Waals surface area contributed by atoms with Gasteiger partial charge in [-0.15, -0.1) is 0 Å². The predicted octanol–water partition coefficient (Wildman–Crippen LogP) is 2.21. The Bertz CT molecular complexity index is 486. The van der Waals surface area contributed by atoms with E-state index < -0.39 is 0 Å². The van der Waals surface area contributed by atoms with Crippen molar-refractivity contribution in [2.75, 3.05) is 7.05 Å². The maximum Gasteiger partial charge on any atom is 0.127 e. The summed E-state index contributed by atoms with van der Waals surface area (Å²) in [6.45, 7) is 0. The lowest BCUT2D eigenvalue weighted by Crippen LogP contribution is -2.19. The van der Waals surface area contributed by atoms with Gasteiger partial charge in [0.15, 0.2) is 0 Å². The van der Waals surface area contributed by atoms with Crippen molar-refractivity contribution >= 4 is 15.9 Å². The van der Waals surface area contributed by atoms with Crippen LogP contribution in [0.1, 0.15) is 17.3 Å². The first-order valence-corrected chi connectivity index (χ1v) is 5.97. The summed E-state index contributed by atoms with van der Waals surface area (Å²) >= 11 is 3.24. The van der Waals surface area contributed by atoms with Crippen molar-refractivity contribution in [2.24, 2.45) is 0 Å². The van der Waals surface area contributed by atoms with Crippen molar-refractivity contribution in [1.82, 2.24) is 20.7 Å². The maximum atomic E-state index is 13.7. The highest BCUT2D eigenvalue weighted by Crippen LogP contribution is 2.20. The van der Waals surface area contributed by atoms with Gasteiger partial charge in [0.25, 0.3) is 0 Å². The minimum absolute atomic E-state index is 0.0515. The number of benzene rings is 1. The third kappa shape index (κ3) is 2.89. The number of nitrogens with one attached hydrogen (secondary N) is 2. The van der Waals surface area contributed by atoms with Crippen LogP contribution in [0.25, 0.3) is 0 Å². The van der Waals surface area contributed by atoms with E-state index in [4.69, 9.17) is 0 Å². The number of hydrogen-bond donors (Lipinski definition) is 2. The fourth-order valence-electron chi connectivity index (χ4n) is 1.64. The van der Waals surface area contributed by atoms with Crippen LogP contribution < -0.4 is 5.32 Å². The van der Waals surface area contributed by atoms with Crippen LogP contribution in [0.3, 0.4) is 0 Å². The Morgan fingerprint density at radius 1 is 1.53 bits per heavy atom. The molecule has 0 saturated heterocycles. The van der Waals surface area contributed by atoms with Crippen LogP contribution in [0.15, 0.2) is 28.9 Å². The molecule has 2 aromatic rings. The lowest BCUT2D eigenvalue weighted by Gasteiger charge is -2.13. The van der Waals surface area contributed by atoms with Gasteiger partial charge in [0.2, 0.25) is 0 Å². The molecule has 1 unspecified atom stereocenters. The van der Waals surface area contributed by atoms with Gasteiger partial charge in [-0.05, 0) is 31.2 Å². The molecule has 0 aliphatic rings. The first-order chi connectivity index (χ1) is 8.20. The fourth-order valence-corrected chi connectivity index (χ4v) is 1.97. The normalized spacial score (nSPS) is 12.6. The number of aromatic amines is 1. The first-order valence-electron chi connectivity index (χ1n) is 5.17. The molecule has 0 spiro atoms. The van der Waals surface area contributed by atoms with Crippen LogP contribution in [-0.2, 0) is 6.42 Å². The summed E-state index contributed by atoms with van der Waals surface area (Å²) in [5.41, 5.74) is 1.42. The second-order valence-electron chi connectivity index (χ2n) is 3.68. The van der Waals surface area contributed by atoms with E-state index in [-0.39, 0.29) is 11.9 Å². The second-order valence-corrected chi connectivity index (χ2v) is 4.59. The third-order valence-corrected chi connectivity index (χ3v) is 3.07. The summed E-state index contributed by atoms with van der Waals surface area (Å²) in [5, 5.41) is 13.4. The number of H-pyrrole nitrogens is 1. The van der Waals surface area contributed by atoms with Crippen molar-refractivity contribution < 1.29 is 4.39 Å². The van der Waals surface area contributed by atoms with Crippen LogP contribution >= 0.6 is 15.9 Å². The van der Waals surface area contributed by atoms with E-state index in [0.717, 1.165) is 10.2 Å². The second kappa shape index (κ2) is 5.37. The van der Waals surface area contributed by atoms with E-state index in [1.165, 1.54) is 6.07 Å². The number of aromatic nitrogens is 3. The van der Waals surface area contributed by atoms with Gasteiger partial charge in [0, 0.05) is 4.47 Å². The van der Waals surface area contributed by atoms with Gasteiger partial charge >= 0.3 is 0 Å². The minimum Gasteiger partial charge on any atom is -0.311 e. The smallest absolute Gasteiger partial charge is 0.127 e. The van der Waals surface area contributed by atoms with E-state index in [1.807, 2.05) is 13.1 Å². The van der Waals surface area contributed by atoms with Crippen molar-refractivity contribution in [3.05, 3.63) is 45.9 Å². The number of rotatable bonds is 4. The zero-order valence-electron chi connectivity index (χ0n) is 9.24. The summed E-state index contributed by atoms with van der Waals surface area (Å²) in [6, 6.07) is 5.01. The van der Waals surface area contributed by atoms with Crippen LogP contribution in [-0.4, -0.2) is 22.5 Å². The number of nitrogens with zero attached hydrogens (tertiary/aromatic N) is 2. The zero-order chi connectivity index (χ0) is 12.3. The van der Waals surface area contributed by atoms with Crippen LogP contribution in [0.2, 0.25) is 0 Å². The molecule has 0 fully saturated rings. The van der Waals surface area contributed by atoms with Gasteiger partial charge in [-0.2, -0.15) is 15.4 Å². The molecule has 0 saturated carbocycles. The Balaban J connectivity index is 2.19. The molecule has 2 rings (SSSR count). The van der Waals surface area contributed by atoms with Gasteiger partial charge < -0.3 is 5.32 Å². The Morgan fingerprint density at radius 2 is 2.35 bits per heavy atom. The molecule has 90 valence electrons. The lowest BCUT2D eigenvalue weighted by atomic mass is 10.0. The van der Waals surface area contributed by atoms with Crippen LogP contribution in [0, 0.1) is 5.82 Å². The number of halogens is 2. The van der Waals surface area contributed by atoms with E-state index >= 15 is 0 Å².